The molecule has 0 N–H and O–H groups in total. The summed E-state index contributed by atoms with van der Waals surface area (Å²) in [6.45, 7) is 1.46. The Morgan fingerprint density at radius 2 is 1.73 bits per heavy atom. The van der Waals surface area contributed by atoms with Crippen molar-refractivity contribution in [3.63, 3.8) is 0 Å². The third-order valence-electron chi connectivity index (χ3n) is 1.59. The number of sulfonamides is 1. The van der Waals surface area contributed by atoms with E-state index in [0.717, 1.165) is 0 Å². The predicted octanol–water partition coefficient (Wildman–Crippen LogP) is 1.61. The Morgan fingerprint density at radius 3 is 2.13 bits per heavy atom. The van der Waals surface area contributed by atoms with Crippen LogP contribution in [0, 0.1) is 0 Å². The number of allylic oxidation sites excluding steroid dienone is 4. The Kier molecular flexibility index (Phi) is 3.70. The molecule has 82 valence electrons. The third-order valence-corrected chi connectivity index (χ3v) is 3.37. The first-order valence-electron chi connectivity index (χ1n) is 3.97. The van der Waals surface area contributed by atoms with Crippen LogP contribution in [-0.4, -0.2) is 25.7 Å². The van der Waals surface area contributed by atoms with Gasteiger partial charge in [-0.25, -0.2) is 8.42 Å². The van der Waals surface area contributed by atoms with Gasteiger partial charge < -0.3 is 0 Å². The van der Waals surface area contributed by atoms with E-state index >= 15 is 0 Å². The molecule has 0 aromatic carbocycles. The van der Waals surface area contributed by atoms with Gasteiger partial charge in [0.05, 0.1) is 21.5 Å². The molecule has 0 fully saturated rings. The summed E-state index contributed by atoms with van der Waals surface area (Å²) in [5, 5.41) is -0.292. The Balaban J connectivity index is 3.17. The number of carbonyl (C=O) groups excluding carboxylic acids is 1. The van der Waals surface area contributed by atoms with E-state index in [1.807, 2.05) is 0 Å². The maximum absolute atomic E-state index is 11.1. The van der Waals surface area contributed by atoms with Crippen molar-refractivity contribution in [3.8, 4) is 0 Å². The normalized spacial score (nSPS) is 17.3. The van der Waals surface area contributed by atoms with Crippen molar-refractivity contribution in [2.24, 2.45) is 4.40 Å². The highest BCUT2D eigenvalue weighted by atomic mass is 35.5. The molecule has 0 atom stereocenters. The van der Waals surface area contributed by atoms with Gasteiger partial charge in [-0.3, -0.25) is 4.79 Å². The van der Waals surface area contributed by atoms with Crippen LogP contribution in [0.2, 0.25) is 0 Å². The first-order valence-corrected chi connectivity index (χ1v) is 6.34. The van der Waals surface area contributed by atoms with E-state index in [1.165, 1.54) is 19.1 Å². The molecule has 0 saturated heterocycles. The summed E-state index contributed by atoms with van der Waals surface area (Å²) in [5.74, 6) is -0.660. The molecule has 7 heteroatoms. The second-order valence-corrected chi connectivity index (χ2v) is 5.44. The van der Waals surface area contributed by atoms with Crippen molar-refractivity contribution >= 4 is 44.7 Å². The summed E-state index contributed by atoms with van der Waals surface area (Å²) in [4.78, 5) is 11.1. The fourth-order valence-corrected chi connectivity index (χ4v) is 1.86. The van der Waals surface area contributed by atoms with Crippen LogP contribution in [0.5, 0.6) is 0 Å². The van der Waals surface area contributed by atoms with Crippen molar-refractivity contribution in [1.82, 2.24) is 0 Å². The Morgan fingerprint density at radius 1 is 1.27 bits per heavy atom. The monoisotopic (exact) mass is 267 g/mol. The standard InChI is InChI=1S/C8H7Cl2NO3S/c1-2-15(13,14)11-5-3-6(9)8(12)7(10)4-5/h3-4H,2H2,1H3. The molecule has 0 bridgehead atoms. The average molecular weight is 268 g/mol. The van der Waals surface area contributed by atoms with E-state index < -0.39 is 15.8 Å². The zero-order valence-electron chi connectivity index (χ0n) is 7.70. The first-order chi connectivity index (χ1) is 6.85. The zero-order chi connectivity index (χ0) is 11.6. The minimum Gasteiger partial charge on any atom is -0.287 e. The van der Waals surface area contributed by atoms with Gasteiger partial charge in [-0.1, -0.05) is 23.2 Å². The van der Waals surface area contributed by atoms with Crippen LogP contribution in [-0.2, 0) is 14.8 Å². The van der Waals surface area contributed by atoms with E-state index in [9.17, 15) is 13.2 Å². The van der Waals surface area contributed by atoms with Crippen molar-refractivity contribution in [1.29, 1.82) is 0 Å². The molecule has 15 heavy (non-hydrogen) atoms. The third kappa shape index (κ3) is 3.15. The Labute approximate surface area is 97.3 Å². The molecule has 0 saturated carbocycles. The van der Waals surface area contributed by atoms with Gasteiger partial charge >= 0.3 is 0 Å². The fraction of sp³-hybridized carbons (Fsp3) is 0.250. The van der Waals surface area contributed by atoms with Crippen LogP contribution in [0.3, 0.4) is 0 Å². The average Bonchev–Trinajstić information content (AvgIpc) is 2.13. The van der Waals surface area contributed by atoms with Gasteiger partial charge in [0.2, 0.25) is 5.78 Å². The minimum atomic E-state index is -3.51. The quantitative estimate of drug-likeness (QED) is 0.714. The molecule has 0 heterocycles. The van der Waals surface area contributed by atoms with Gasteiger partial charge in [0.1, 0.15) is 0 Å². The lowest BCUT2D eigenvalue weighted by molar-refractivity contribution is -0.111. The number of halogens is 2. The summed E-state index contributed by atoms with van der Waals surface area (Å²) in [7, 11) is -3.51. The fourth-order valence-electron chi connectivity index (χ4n) is 0.824. The van der Waals surface area contributed by atoms with E-state index in [4.69, 9.17) is 23.2 Å². The maximum atomic E-state index is 11.1. The molecule has 1 aliphatic carbocycles. The van der Waals surface area contributed by atoms with Gasteiger partial charge in [0.15, 0.2) is 0 Å². The highest BCUT2D eigenvalue weighted by molar-refractivity contribution is 7.90. The number of nitrogens with zero attached hydrogens (tertiary/aromatic N) is 1. The predicted molar refractivity (Wildman–Crippen MR) is 59.8 cm³/mol. The van der Waals surface area contributed by atoms with Gasteiger partial charge in [0.25, 0.3) is 10.0 Å². The number of Topliss-reactive ketones (excluding diaryl/α,β-unsaturated/α-hetero) is 1. The zero-order valence-corrected chi connectivity index (χ0v) is 10.0. The second-order valence-electron chi connectivity index (χ2n) is 2.70. The smallest absolute Gasteiger partial charge is 0.253 e. The lowest BCUT2D eigenvalue weighted by Crippen LogP contribution is -2.10. The molecule has 1 aliphatic rings. The van der Waals surface area contributed by atoms with Gasteiger partial charge in [-0.2, -0.15) is 4.40 Å². The number of carbonyl (C=O) groups is 1. The van der Waals surface area contributed by atoms with Crippen LogP contribution in [0.1, 0.15) is 6.92 Å². The van der Waals surface area contributed by atoms with Gasteiger partial charge in [-0.15, -0.1) is 0 Å². The van der Waals surface area contributed by atoms with E-state index in [1.54, 1.807) is 0 Å². The molecular formula is C8H7Cl2NO3S. The highest BCUT2D eigenvalue weighted by Gasteiger charge is 2.18. The van der Waals surface area contributed by atoms with Gasteiger partial charge in [0, 0.05) is 0 Å². The van der Waals surface area contributed by atoms with Crippen LogP contribution in [0.15, 0.2) is 26.6 Å². The summed E-state index contributed by atoms with van der Waals surface area (Å²) in [6, 6.07) is 0. The largest absolute Gasteiger partial charge is 0.287 e. The van der Waals surface area contributed by atoms with Crippen molar-refractivity contribution in [3.05, 3.63) is 22.2 Å². The molecule has 4 nitrogen and oxygen atoms in total. The maximum Gasteiger partial charge on any atom is 0.253 e. The molecule has 0 aliphatic heterocycles. The molecular weight excluding hydrogens is 261 g/mol. The first kappa shape index (κ1) is 12.4. The summed E-state index contributed by atoms with van der Waals surface area (Å²) >= 11 is 11.1. The minimum absolute atomic E-state index is 0.0615. The Bertz CT molecular complexity index is 464. The second kappa shape index (κ2) is 4.47. The van der Waals surface area contributed by atoms with Crippen LogP contribution >= 0.6 is 23.2 Å². The molecule has 0 spiro atoms. The van der Waals surface area contributed by atoms with Gasteiger partial charge in [-0.05, 0) is 19.1 Å². The lowest BCUT2D eigenvalue weighted by atomic mass is 10.1. The summed E-state index contributed by atoms with van der Waals surface area (Å²) in [6.07, 6.45) is 2.34. The van der Waals surface area contributed by atoms with Crippen molar-refractivity contribution in [2.45, 2.75) is 6.92 Å². The highest BCUT2D eigenvalue weighted by Crippen LogP contribution is 2.19. The SMILES string of the molecule is CCS(=O)(=O)N=C1C=C(Cl)C(=O)C(Cl)=C1. The molecule has 0 aromatic heterocycles. The summed E-state index contributed by atoms with van der Waals surface area (Å²) in [5.41, 5.74) is 0.0615. The summed E-state index contributed by atoms with van der Waals surface area (Å²) < 4.78 is 25.7. The number of rotatable bonds is 2. The van der Waals surface area contributed by atoms with Crippen LogP contribution in [0.4, 0.5) is 0 Å². The topological polar surface area (TPSA) is 63.6 Å². The molecule has 1 rings (SSSR count). The lowest BCUT2D eigenvalue weighted by Gasteiger charge is -2.05. The number of hydrogen-bond donors (Lipinski definition) is 0. The Hall–Kier alpha value is -0.650. The van der Waals surface area contributed by atoms with E-state index in [2.05, 4.69) is 4.40 Å². The van der Waals surface area contributed by atoms with Crippen LogP contribution in [0.25, 0.3) is 0 Å². The van der Waals surface area contributed by atoms with E-state index in [-0.39, 0.29) is 21.5 Å². The molecule has 0 unspecified atom stereocenters. The molecule has 0 amide bonds. The molecule has 0 aromatic rings. The van der Waals surface area contributed by atoms with E-state index in [0.29, 0.717) is 0 Å². The van der Waals surface area contributed by atoms with Crippen molar-refractivity contribution < 1.29 is 13.2 Å². The van der Waals surface area contributed by atoms with Crippen molar-refractivity contribution in [2.75, 3.05) is 5.75 Å². The molecule has 0 radical (unpaired) electrons. The van der Waals surface area contributed by atoms with Crippen LogP contribution < -0.4 is 0 Å². The number of ketones is 1. The number of hydrogen-bond acceptors (Lipinski definition) is 3.